The van der Waals surface area contributed by atoms with E-state index in [0.717, 1.165) is 44.3 Å². The van der Waals surface area contributed by atoms with Crippen molar-refractivity contribution in [1.82, 2.24) is 25.5 Å². The highest BCUT2D eigenvalue weighted by Crippen LogP contribution is 2.21. The van der Waals surface area contributed by atoms with Crippen molar-refractivity contribution in [2.45, 2.75) is 19.9 Å². The molecule has 158 valence electrons. The number of fused-ring (bicyclic) bond motifs is 2. The molecule has 5 aromatic rings. The van der Waals surface area contributed by atoms with Gasteiger partial charge in [0.05, 0.1) is 23.3 Å². The maximum absolute atomic E-state index is 12.7. The number of pyridine rings is 2. The van der Waals surface area contributed by atoms with E-state index in [0.29, 0.717) is 23.6 Å². The van der Waals surface area contributed by atoms with Crippen molar-refractivity contribution < 1.29 is 4.79 Å². The Labute approximate surface area is 189 Å². The van der Waals surface area contributed by atoms with E-state index in [1.807, 2.05) is 43.5 Å². The Morgan fingerprint density at radius 3 is 2.88 bits per heavy atom. The molecule has 5 rings (SSSR count). The largest absolute Gasteiger partial charge is 0.346 e. The number of aromatic amines is 1. The van der Waals surface area contributed by atoms with Crippen molar-refractivity contribution in [3.63, 3.8) is 0 Å². The van der Waals surface area contributed by atoms with Crippen LogP contribution in [0.1, 0.15) is 32.9 Å². The van der Waals surface area contributed by atoms with Crippen molar-refractivity contribution in [2.24, 2.45) is 0 Å². The fourth-order valence-electron chi connectivity index (χ4n) is 3.77. The van der Waals surface area contributed by atoms with Crippen LogP contribution in [0, 0.1) is 6.92 Å². The summed E-state index contributed by atoms with van der Waals surface area (Å²) in [6.07, 6.45) is 4.17. The number of hydrogen-bond donors (Lipinski definition) is 2. The van der Waals surface area contributed by atoms with Gasteiger partial charge in [-0.1, -0.05) is 17.7 Å². The number of benzene rings is 2. The second-order valence-electron chi connectivity index (χ2n) is 7.80. The number of amides is 1. The first-order valence-corrected chi connectivity index (χ1v) is 10.6. The first kappa shape index (κ1) is 20.2. The third kappa shape index (κ3) is 4.18. The maximum atomic E-state index is 12.7. The van der Waals surface area contributed by atoms with E-state index >= 15 is 0 Å². The number of halogens is 1. The number of nitrogens with zero attached hydrogens (tertiary/aromatic N) is 3. The number of H-pyrrole nitrogens is 1. The molecule has 0 fully saturated rings. The number of rotatable bonds is 5. The SMILES string of the molecule is Cc1cnc2ccc(Cc3cc(C(=O)NCc4n[nH]c5ccc(Cl)cc45)ccn3)cc2c1. The minimum Gasteiger partial charge on any atom is -0.346 e. The van der Waals surface area contributed by atoms with Crippen LogP contribution in [0.15, 0.2) is 67.0 Å². The number of carbonyl (C=O) groups excluding carboxylic acids is 1. The molecule has 7 heteroatoms. The molecule has 0 atom stereocenters. The number of nitrogens with one attached hydrogen (secondary N) is 2. The second-order valence-corrected chi connectivity index (χ2v) is 8.23. The van der Waals surface area contributed by atoms with E-state index in [1.165, 1.54) is 0 Å². The molecule has 1 amide bonds. The molecule has 3 aromatic heterocycles. The van der Waals surface area contributed by atoms with Crippen LogP contribution in [-0.2, 0) is 13.0 Å². The van der Waals surface area contributed by atoms with Crippen molar-refractivity contribution in [2.75, 3.05) is 0 Å². The number of aromatic nitrogens is 4. The molecule has 0 saturated heterocycles. The van der Waals surface area contributed by atoms with Gasteiger partial charge in [-0.05, 0) is 66.6 Å². The van der Waals surface area contributed by atoms with Crippen LogP contribution in [0.3, 0.4) is 0 Å². The highest BCUT2D eigenvalue weighted by molar-refractivity contribution is 6.31. The smallest absolute Gasteiger partial charge is 0.251 e. The lowest BCUT2D eigenvalue weighted by Crippen LogP contribution is -2.23. The fourth-order valence-corrected chi connectivity index (χ4v) is 3.94. The predicted octanol–water partition coefficient (Wildman–Crippen LogP) is 4.99. The third-order valence-corrected chi connectivity index (χ3v) is 5.60. The van der Waals surface area contributed by atoms with Crippen LogP contribution < -0.4 is 5.32 Å². The van der Waals surface area contributed by atoms with E-state index in [2.05, 4.69) is 37.6 Å². The third-order valence-electron chi connectivity index (χ3n) is 5.37. The summed E-state index contributed by atoms with van der Waals surface area (Å²) < 4.78 is 0. The molecular weight excluding hydrogens is 422 g/mol. The zero-order chi connectivity index (χ0) is 22.1. The van der Waals surface area contributed by atoms with E-state index in [-0.39, 0.29) is 5.91 Å². The molecule has 6 nitrogen and oxygen atoms in total. The van der Waals surface area contributed by atoms with Gasteiger partial charge in [0.25, 0.3) is 5.91 Å². The predicted molar refractivity (Wildman–Crippen MR) is 126 cm³/mol. The molecular formula is C25H20ClN5O. The fraction of sp³-hybridized carbons (Fsp3) is 0.120. The van der Waals surface area contributed by atoms with Crippen LogP contribution >= 0.6 is 11.6 Å². The lowest BCUT2D eigenvalue weighted by atomic mass is 10.0. The van der Waals surface area contributed by atoms with Crippen molar-refractivity contribution in [1.29, 1.82) is 0 Å². The van der Waals surface area contributed by atoms with Gasteiger partial charge >= 0.3 is 0 Å². The Kier molecular flexibility index (Phi) is 5.29. The Bertz CT molecular complexity index is 1460. The molecule has 0 bridgehead atoms. The summed E-state index contributed by atoms with van der Waals surface area (Å²) in [6.45, 7) is 2.33. The standard InChI is InChI=1S/C25H20ClN5O/c1-15-8-18-9-16(2-4-22(18)28-13-15)10-20-11-17(6-7-27-20)25(32)29-14-24-21-12-19(26)3-5-23(21)30-31-24/h2-9,11-13H,10,14H2,1H3,(H,29,32)(H,30,31). The number of aryl methyl sites for hydroxylation is 1. The van der Waals surface area contributed by atoms with Gasteiger partial charge in [-0.25, -0.2) is 0 Å². The molecule has 2 N–H and O–H groups in total. The van der Waals surface area contributed by atoms with Gasteiger partial charge in [-0.2, -0.15) is 5.10 Å². The van der Waals surface area contributed by atoms with Crippen molar-refractivity contribution in [3.8, 4) is 0 Å². The molecule has 0 spiro atoms. The van der Waals surface area contributed by atoms with Crippen LogP contribution in [0.2, 0.25) is 5.02 Å². The van der Waals surface area contributed by atoms with E-state index < -0.39 is 0 Å². The lowest BCUT2D eigenvalue weighted by Gasteiger charge is -2.07. The van der Waals surface area contributed by atoms with Crippen molar-refractivity contribution in [3.05, 3.63) is 100 Å². The molecule has 3 heterocycles. The normalized spacial score (nSPS) is 11.2. The van der Waals surface area contributed by atoms with E-state index in [4.69, 9.17) is 11.6 Å². The monoisotopic (exact) mass is 441 g/mol. The lowest BCUT2D eigenvalue weighted by molar-refractivity contribution is 0.0950. The molecule has 0 saturated carbocycles. The Morgan fingerprint density at radius 1 is 1.06 bits per heavy atom. The van der Waals surface area contributed by atoms with Gasteiger partial charge in [0.15, 0.2) is 0 Å². The van der Waals surface area contributed by atoms with Gasteiger partial charge in [0.2, 0.25) is 0 Å². The minimum absolute atomic E-state index is 0.176. The Morgan fingerprint density at radius 2 is 1.97 bits per heavy atom. The molecule has 2 aromatic carbocycles. The second kappa shape index (κ2) is 8.40. The Balaban J connectivity index is 1.31. The highest BCUT2D eigenvalue weighted by atomic mass is 35.5. The van der Waals surface area contributed by atoms with E-state index in [9.17, 15) is 4.79 Å². The van der Waals surface area contributed by atoms with Crippen LogP contribution in [-0.4, -0.2) is 26.1 Å². The van der Waals surface area contributed by atoms with Gasteiger partial charge < -0.3 is 5.32 Å². The Hall–Kier alpha value is -3.77. The molecule has 0 radical (unpaired) electrons. The molecule has 0 aliphatic rings. The average molecular weight is 442 g/mol. The quantitative estimate of drug-likeness (QED) is 0.402. The minimum atomic E-state index is -0.176. The molecule has 0 unspecified atom stereocenters. The maximum Gasteiger partial charge on any atom is 0.251 e. The number of carbonyl (C=O) groups is 1. The summed E-state index contributed by atoms with van der Waals surface area (Å²) in [7, 11) is 0. The molecule has 32 heavy (non-hydrogen) atoms. The summed E-state index contributed by atoms with van der Waals surface area (Å²) in [5.74, 6) is -0.176. The van der Waals surface area contributed by atoms with Crippen LogP contribution in [0.4, 0.5) is 0 Å². The average Bonchev–Trinajstić information content (AvgIpc) is 3.19. The molecule has 0 aliphatic carbocycles. The summed E-state index contributed by atoms with van der Waals surface area (Å²) in [5, 5.41) is 12.8. The topological polar surface area (TPSA) is 83.6 Å². The first-order chi connectivity index (χ1) is 15.5. The summed E-state index contributed by atoms with van der Waals surface area (Å²) >= 11 is 6.09. The van der Waals surface area contributed by atoms with E-state index in [1.54, 1.807) is 18.3 Å². The van der Waals surface area contributed by atoms with Crippen molar-refractivity contribution >= 4 is 39.3 Å². The zero-order valence-corrected chi connectivity index (χ0v) is 18.1. The highest BCUT2D eigenvalue weighted by Gasteiger charge is 2.11. The molecule has 0 aliphatic heterocycles. The summed E-state index contributed by atoms with van der Waals surface area (Å²) in [6, 6.07) is 17.4. The van der Waals surface area contributed by atoms with Crippen LogP contribution in [0.5, 0.6) is 0 Å². The summed E-state index contributed by atoms with van der Waals surface area (Å²) in [5.41, 5.74) is 6.22. The first-order valence-electron chi connectivity index (χ1n) is 10.3. The zero-order valence-electron chi connectivity index (χ0n) is 17.4. The van der Waals surface area contributed by atoms with Gasteiger partial charge in [0.1, 0.15) is 0 Å². The summed E-state index contributed by atoms with van der Waals surface area (Å²) in [4.78, 5) is 21.6. The van der Waals surface area contributed by atoms with Crippen LogP contribution in [0.25, 0.3) is 21.8 Å². The number of hydrogen-bond acceptors (Lipinski definition) is 4. The van der Waals surface area contributed by atoms with Gasteiger partial charge in [-0.15, -0.1) is 0 Å². The van der Waals surface area contributed by atoms with Gasteiger partial charge in [0, 0.05) is 45.9 Å². The van der Waals surface area contributed by atoms with Gasteiger partial charge in [-0.3, -0.25) is 19.9 Å².